The Morgan fingerprint density at radius 3 is 1.08 bits per heavy atom. The molecule has 0 N–H and O–H groups in total. The van der Waals surface area contributed by atoms with E-state index in [0.717, 1.165) is 38.5 Å². The van der Waals surface area contributed by atoms with Crippen molar-refractivity contribution in [1.82, 2.24) is 0 Å². The van der Waals surface area contributed by atoms with E-state index in [4.69, 9.17) is 9.47 Å². The molecule has 0 heterocycles. The van der Waals surface area contributed by atoms with Crippen molar-refractivity contribution in [2.45, 2.75) is 142 Å². The Morgan fingerprint density at radius 1 is 0.472 bits per heavy atom. The lowest BCUT2D eigenvalue weighted by molar-refractivity contribution is 0.0450. The molecule has 4 nitrogen and oxygen atoms in total. The third kappa shape index (κ3) is 16.8. The molecule has 0 saturated carbocycles. The molecule has 0 fully saturated rings. The number of unbranched alkanes of at least 4 members (excludes halogenated alkanes) is 18. The topological polar surface area (TPSA) is 52.6 Å². The van der Waals surface area contributed by atoms with Crippen LogP contribution in [0.25, 0.3) is 0 Å². The normalized spacial score (nSPS) is 10.9. The Bertz CT molecular complexity index is 670. The monoisotopic (exact) mass is 502 g/mol. The summed E-state index contributed by atoms with van der Waals surface area (Å²) in [5.41, 5.74) is 0.595. The second-order valence-electron chi connectivity index (χ2n) is 10.2. The fraction of sp³-hybridized carbons (Fsp3) is 0.750. The largest absolute Gasteiger partial charge is 0.462 e. The molecule has 0 aliphatic heterocycles. The summed E-state index contributed by atoms with van der Waals surface area (Å²) in [5, 5.41) is 0. The van der Waals surface area contributed by atoms with Crippen molar-refractivity contribution in [3.63, 3.8) is 0 Å². The van der Waals surface area contributed by atoms with E-state index in [2.05, 4.69) is 13.8 Å². The molecule has 0 aliphatic carbocycles. The molecule has 1 aromatic carbocycles. The van der Waals surface area contributed by atoms with Gasteiger partial charge in [-0.15, -0.1) is 0 Å². The molecule has 0 atom stereocenters. The Balaban J connectivity index is 2.04. The van der Waals surface area contributed by atoms with E-state index < -0.39 is 11.9 Å². The summed E-state index contributed by atoms with van der Waals surface area (Å²) in [6.45, 7) is 5.21. The van der Waals surface area contributed by atoms with Crippen LogP contribution in [-0.2, 0) is 9.47 Å². The first-order chi connectivity index (χ1) is 17.7. The number of carbonyl (C=O) groups is 2. The zero-order valence-corrected chi connectivity index (χ0v) is 23.5. The molecule has 0 bridgehead atoms. The van der Waals surface area contributed by atoms with Crippen LogP contribution in [0.15, 0.2) is 24.3 Å². The number of carbonyl (C=O) groups excluding carboxylic acids is 2. The average molecular weight is 503 g/mol. The van der Waals surface area contributed by atoms with Gasteiger partial charge >= 0.3 is 11.9 Å². The molecule has 4 heteroatoms. The smallest absolute Gasteiger partial charge is 0.339 e. The van der Waals surface area contributed by atoms with Crippen LogP contribution < -0.4 is 0 Å². The van der Waals surface area contributed by atoms with Crippen molar-refractivity contribution < 1.29 is 19.1 Å². The van der Waals surface area contributed by atoms with Gasteiger partial charge in [-0.1, -0.05) is 142 Å². The summed E-state index contributed by atoms with van der Waals surface area (Å²) in [4.78, 5) is 24.9. The standard InChI is InChI=1S/C32H54O4/c1-3-5-7-9-10-11-12-13-14-15-16-17-18-19-20-24-28-36-32(34)30-26-22-21-25-29(30)31(33)35-27-23-8-6-4-2/h21-22,25-26H,3-20,23-24,27-28H2,1-2H3. The molecular formula is C32H54O4. The number of esters is 2. The van der Waals surface area contributed by atoms with Crippen molar-refractivity contribution >= 4 is 11.9 Å². The van der Waals surface area contributed by atoms with Crippen molar-refractivity contribution in [1.29, 1.82) is 0 Å². The Morgan fingerprint density at radius 2 is 0.750 bits per heavy atom. The molecule has 1 rings (SSSR count). The van der Waals surface area contributed by atoms with Gasteiger partial charge in [0.05, 0.1) is 24.3 Å². The SMILES string of the molecule is CCCCCCCCCCCCCCCCCCOC(=O)c1ccccc1C(=O)OCCCCCC. The van der Waals surface area contributed by atoms with Gasteiger partial charge < -0.3 is 9.47 Å². The summed E-state index contributed by atoms with van der Waals surface area (Å²) in [7, 11) is 0. The van der Waals surface area contributed by atoms with Gasteiger partial charge in [-0.3, -0.25) is 0 Å². The van der Waals surface area contributed by atoms with Gasteiger partial charge in [0.1, 0.15) is 0 Å². The molecule has 0 radical (unpaired) electrons. The van der Waals surface area contributed by atoms with E-state index >= 15 is 0 Å². The summed E-state index contributed by atoms with van der Waals surface area (Å²) in [5.74, 6) is -0.879. The number of hydrogen-bond donors (Lipinski definition) is 0. The quantitative estimate of drug-likeness (QED) is 0.104. The van der Waals surface area contributed by atoms with Crippen molar-refractivity contribution in [2.75, 3.05) is 13.2 Å². The van der Waals surface area contributed by atoms with Crippen LogP contribution in [0.3, 0.4) is 0 Å². The molecule has 1 aromatic rings. The second-order valence-corrected chi connectivity index (χ2v) is 10.2. The zero-order valence-electron chi connectivity index (χ0n) is 23.5. The zero-order chi connectivity index (χ0) is 26.1. The van der Waals surface area contributed by atoms with Crippen LogP contribution in [-0.4, -0.2) is 25.2 Å². The fourth-order valence-electron chi connectivity index (χ4n) is 4.50. The van der Waals surface area contributed by atoms with Crippen molar-refractivity contribution in [3.05, 3.63) is 35.4 Å². The minimum absolute atomic E-state index is 0.296. The van der Waals surface area contributed by atoms with E-state index in [1.807, 2.05) is 0 Å². The van der Waals surface area contributed by atoms with Gasteiger partial charge in [-0.2, -0.15) is 0 Å². The van der Waals surface area contributed by atoms with Crippen LogP contribution in [0.1, 0.15) is 163 Å². The Labute approximate surface area is 221 Å². The van der Waals surface area contributed by atoms with Gasteiger partial charge in [-0.05, 0) is 25.0 Å². The first-order valence-corrected chi connectivity index (χ1v) is 15.1. The van der Waals surface area contributed by atoms with E-state index in [-0.39, 0.29) is 0 Å². The van der Waals surface area contributed by atoms with Gasteiger partial charge in [0.2, 0.25) is 0 Å². The highest BCUT2D eigenvalue weighted by Crippen LogP contribution is 2.15. The van der Waals surface area contributed by atoms with Gasteiger partial charge in [0, 0.05) is 0 Å². The highest BCUT2D eigenvalue weighted by molar-refractivity contribution is 6.03. The predicted octanol–water partition coefficient (Wildman–Crippen LogP) is 9.84. The maximum absolute atomic E-state index is 12.5. The highest BCUT2D eigenvalue weighted by atomic mass is 16.5. The van der Waals surface area contributed by atoms with E-state index in [1.54, 1.807) is 24.3 Å². The van der Waals surface area contributed by atoms with Crippen LogP contribution >= 0.6 is 0 Å². The first-order valence-electron chi connectivity index (χ1n) is 15.1. The number of rotatable bonds is 24. The molecule has 0 aromatic heterocycles. The fourth-order valence-corrected chi connectivity index (χ4v) is 4.50. The number of hydrogen-bond acceptors (Lipinski definition) is 4. The molecule has 0 aliphatic rings. The molecule has 0 saturated heterocycles. The molecule has 0 spiro atoms. The first kappa shape index (κ1) is 32.2. The number of benzene rings is 1. The van der Waals surface area contributed by atoms with Crippen LogP contribution in [0.5, 0.6) is 0 Å². The Hall–Kier alpha value is -1.84. The number of ether oxygens (including phenoxy) is 2. The molecule has 0 amide bonds. The Kier molecular flexibility index (Phi) is 21.1. The lowest BCUT2D eigenvalue weighted by Crippen LogP contribution is -2.15. The third-order valence-electron chi connectivity index (χ3n) is 6.83. The summed E-state index contributed by atoms with van der Waals surface area (Å²) in [6.07, 6.45) is 25.2. The van der Waals surface area contributed by atoms with E-state index in [9.17, 15) is 9.59 Å². The molecule has 206 valence electrons. The van der Waals surface area contributed by atoms with E-state index in [0.29, 0.717) is 24.3 Å². The maximum Gasteiger partial charge on any atom is 0.339 e. The van der Waals surface area contributed by atoms with Gasteiger partial charge in [-0.25, -0.2) is 9.59 Å². The minimum atomic E-state index is -0.443. The predicted molar refractivity (Wildman–Crippen MR) is 151 cm³/mol. The highest BCUT2D eigenvalue weighted by Gasteiger charge is 2.18. The van der Waals surface area contributed by atoms with Gasteiger partial charge in [0.25, 0.3) is 0 Å². The van der Waals surface area contributed by atoms with Crippen LogP contribution in [0, 0.1) is 0 Å². The summed E-state index contributed by atoms with van der Waals surface area (Å²) < 4.78 is 10.8. The minimum Gasteiger partial charge on any atom is -0.462 e. The van der Waals surface area contributed by atoms with E-state index in [1.165, 1.54) is 89.9 Å². The molecule has 0 unspecified atom stereocenters. The van der Waals surface area contributed by atoms with Crippen LogP contribution in [0.4, 0.5) is 0 Å². The third-order valence-corrected chi connectivity index (χ3v) is 6.83. The molecule has 36 heavy (non-hydrogen) atoms. The van der Waals surface area contributed by atoms with Crippen molar-refractivity contribution in [2.24, 2.45) is 0 Å². The van der Waals surface area contributed by atoms with Gasteiger partial charge in [0.15, 0.2) is 0 Å². The second kappa shape index (κ2) is 23.6. The van der Waals surface area contributed by atoms with Crippen molar-refractivity contribution in [3.8, 4) is 0 Å². The summed E-state index contributed by atoms with van der Waals surface area (Å²) in [6, 6.07) is 6.78. The summed E-state index contributed by atoms with van der Waals surface area (Å²) >= 11 is 0. The average Bonchev–Trinajstić information content (AvgIpc) is 2.90. The lowest BCUT2D eigenvalue weighted by atomic mass is 10.0. The maximum atomic E-state index is 12.5. The van der Waals surface area contributed by atoms with Crippen LogP contribution in [0.2, 0.25) is 0 Å². The lowest BCUT2D eigenvalue weighted by Gasteiger charge is -2.10. The molecular weight excluding hydrogens is 448 g/mol.